The molecule has 0 fully saturated rings. The summed E-state index contributed by atoms with van der Waals surface area (Å²) < 4.78 is 0. The molecule has 1 aromatic carbocycles. The lowest BCUT2D eigenvalue weighted by molar-refractivity contribution is -0.385. The standard InChI is InChI=1S/C12H10N4O4S/c1-13-11-6-9(16(19)20)7-12(14-11)21-10-4-2-8(3-5-10)15(17)18/h2-7H,1H3,(H,13,14). The molecule has 0 unspecified atom stereocenters. The highest BCUT2D eigenvalue weighted by Gasteiger charge is 2.12. The number of nitro groups is 2. The van der Waals surface area contributed by atoms with Crippen LogP contribution in [0.3, 0.4) is 0 Å². The Balaban J connectivity index is 2.28. The van der Waals surface area contributed by atoms with Crippen molar-refractivity contribution in [3.63, 3.8) is 0 Å². The Bertz CT molecular complexity index is 690. The molecule has 0 radical (unpaired) electrons. The molecular weight excluding hydrogens is 296 g/mol. The number of pyridine rings is 1. The van der Waals surface area contributed by atoms with Crippen LogP contribution in [0.4, 0.5) is 17.2 Å². The van der Waals surface area contributed by atoms with E-state index in [0.29, 0.717) is 15.7 Å². The summed E-state index contributed by atoms with van der Waals surface area (Å²) in [6, 6.07) is 8.58. The van der Waals surface area contributed by atoms with Crippen LogP contribution in [0.15, 0.2) is 46.3 Å². The third-order valence-electron chi connectivity index (χ3n) is 2.52. The largest absolute Gasteiger partial charge is 0.373 e. The predicted octanol–water partition coefficient (Wildman–Crippen LogP) is 3.09. The van der Waals surface area contributed by atoms with Crippen molar-refractivity contribution >= 4 is 29.0 Å². The molecule has 1 N–H and O–H groups in total. The Morgan fingerprint density at radius 2 is 1.67 bits per heavy atom. The lowest BCUT2D eigenvalue weighted by Crippen LogP contribution is -1.96. The Morgan fingerprint density at radius 3 is 2.19 bits per heavy atom. The smallest absolute Gasteiger partial charge is 0.275 e. The molecule has 108 valence electrons. The van der Waals surface area contributed by atoms with Crippen molar-refractivity contribution in [2.45, 2.75) is 9.92 Å². The first-order chi connectivity index (χ1) is 9.99. The minimum Gasteiger partial charge on any atom is -0.373 e. The van der Waals surface area contributed by atoms with E-state index in [4.69, 9.17) is 0 Å². The van der Waals surface area contributed by atoms with E-state index in [1.807, 2.05) is 0 Å². The zero-order chi connectivity index (χ0) is 15.4. The van der Waals surface area contributed by atoms with Crippen LogP contribution in [-0.4, -0.2) is 21.9 Å². The molecule has 0 saturated carbocycles. The lowest BCUT2D eigenvalue weighted by atomic mass is 10.3. The molecular formula is C12H10N4O4S. The van der Waals surface area contributed by atoms with Gasteiger partial charge in [0.25, 0.3) is 11.4 Å². The van der Waals surface area contributed by atoms with Crippen LogP contribution < -0.4 is 5.32 Å². The number of nitrogens with zero attached hydrogens (tertiary/aromatic N) is 3. The van der Waals surface area contributed by atoms with Crippen LogP contribution in [0.5, 0.6) is 0 Å². The van der Waals surface area contributed by atoms with Gasteiger partial charge in [0, 0.05) is 30.1 Å². The van der Waals surface area contributed by atoms with E-state index in [9.17, 15) is 20.2 Å². The van der Waals surface area contributed by atoms with Gasteiger partial charge in [-0.05, 0) is 12.1 Å². The Kier molecular flexibility index (Phi) is 4.33. The number of rotatable bonds is 5. The molecule has 0 aliphatic heterocycles. The topological polar surface area (TPSA) is 111 Å². The number of hydrogen-bond acceptors (Lipinski definition) is 7. The lowest BCUT2D eigenvalue weighted by Gasteiger charge is -2.04. The maximum atomic E-state index is 10.9. The van der Waals surface area contributed by atoms with Crippen LogP contribution in [0, 0.1) is 20.2 Å². The van der Waals surface area contributed by atoms with E-state index in [0.717, 1.165) is 0 Å². The van der Waals surface area contributed by atoms with Crippen molar-refractivity contribution in [1.29, 1.82) is 0 Å². The first kappa shape index (κ1) is 14.7. The molecule has 0 aliphatic carbocycles. The van der Waals surface area contributed by atoms with Crippen molar-refractivity contribution < 1.29 is 9.85 Å². The number of hydrogen-bond donors (Lipinski definition) is 1. The van der Waals surface area contributed by atoms with E-state index >= 15 is 0 Å². The van der Waals surface area contributed by atoms with Gasteiger partial charge in [0.15, 0.2) is 0 Å². The predicted molar refractivity (Wildman–Crippen MR) is 77.7 cm³/mol. The maximum Gasteiger partial charge on any atom is 0.275 e. The molecule has 2 aromatic rings. The monoisotopic (exact) mass is 306 g/mol. The summed E-state index contributed by atoms with van der Waals surface area (Å²) in [6.45, 7) is 0. The summed E-state index contributed by atoms with van der Waals surface area (Å²) in [4.78, 5) is 25.4. The molecule has 0 bridgehead atoms. The van der Waals surface area contributed by atoms with Crippen molar-refractivity contribution in [2.24, 2.45) is 0 Å². The third kappa shape index (κ3) is 3.66. The van der Waals surface area contributed by atoms with Crippen molar-refractivity contribution in [3.8, 4) is 0 Å². The fourth-order valence-electron chi connectivity index (χ4n) is 1.53. The van der Waals surface area contributed by atoms with Crippen LogP contribution >= 0.6 is 11.8 Å². The summed E-state index contributed by atoms with van der Waals surface area (Å²) in [5.74, 6) is 0.383. The number of anilines is 1. The molecule has 2 rings (SSSR count). The van der Waals surface area contributed by atoms with Crippen LogP contribution in [0.2, 0.25) is 0 Å². The molecule has 8 nitrogen and oxygen atoms in total. The summed E-state index contributed by atoms with van der Waals surface area (Å²) in [7, 11) is 1.62. The number of nitro benzene ring substituents is 1. The van der Waals surface area contributed by atoms with Gasteiger partial charge in [0.05, 0.1) is 15.9 Å². The zero-order valence-corrected chi connectivity index (χ0v) is 11.7. The molecule has 0 atom stereocenters. The van der Waals surface area contributed by atoms with E-state index < -0.39 is 9.85 Å². The number of aromatic nitrogens is 1. The average Bonchev–Trinajstić information content (AvgIpc) is 2.47. The molecule has 0 aliphatic rings. The fraction of sp³-hybridized carbons (Fsp3) is 0.0833. The highest BCUT2D eigenvalue weighted by Crippen LogP contribution is 2.31. The second kappa shape index (κ2) is 6.18. The summed E-state index contributed by atoms with van der Waals surface area (Å²) in [5.41, 5.74) is -0.0824. The molecule has 9 heteroatoms. The van der Waals surface area contributed by atoms with Gasteiger partial charge in [-0.25, -0.2) is 4.98 Å². The van der Waals surface area contributed by atoms with Crippen LogP contribution in [-0.2, 0) is 0 Å². The number of non-ortho nitro benzene ring substituents is 1. The summed E-state index contributed by atoms with van der Waals surface area (Å²) in [6.07, 6.45) is 0. The number of nitrogens with one attached hydrogen (secondary N) is 1. The molecule has 0 spiro atoms. The average molecular weight is 306 g/mol. The van der Waals surface area contributed by atoms with Gasteiger partial charge in [0.2, 0.25) is 0 Å². The van der Waals surface area contributed by atoms with Gasteiger partial charge < -0.3 is 5.32 Å². The highest BCUT2D eigenvalue weighted by atomic mass is 32.2. The number of benzene rings is 1. The van der Waals surface area contributed by atoms with E-state index in [1.54, 1.807) is 19.2 Å². The van der Waals surface area contributed by atoms with Crippen molar-refractivity contribution in [2.75, 3.05) is 12.4 Å². The normalized spacial score (nSPS) is 10.1. The quantitative estimate of drug-likeness (QED) is 0.667. The minimum absolute atomic E-state index is 0.0118. The van der Waals surface area contributed by atoms with Gasteiger partial charge in [0.1, 0.15) is 10.8 Å². The fourth-order valence-corrected chi connectivity index (χ4v) is 2.37. The van der Waals surface area contributed by atoms with Gasteiger partial charge in [-0.2, -0.15) is 0 Å². The zero-order valence-electron chi connectivity index (χ0n) is 10.8. The van der Waals surface area contributed by atoms with Gasteiger partial charge in [-0.3, -0.25) is 20.2 Å². The van der Waals surface area contributed by atoms with Crippen molar-refractivity contribution in [3.05, 3.63) is 56.6 Å². The summed E-state index contributed by atoms with van der Waals surface area (Å²) in [5, 5.41) is 24.6. The Hall–Kier alpha value is -2.68. The minimum atomic E-state index is -0.498. The molecule has 1 heterocycles. The second-order valence-electron chi connectivity index (χ2n) is 3.91. The van der Waals surface area contributed by atoms with Crippen LogP contribution in [0.25, 0.3) is 0 Å². The molecule has 21 heavy (non-hydrogen) atoms. The molecule has 0 amide bonds. The first-order valence-electron chi connectivity index (χ1n) is 5.76. The van der Waals surface area contributed by atoms with Gasteiger partial charge in [-0.1, -0.05) is 11.8 Å². The van der Waals surface area contributed by atoms with E-state index in [1.165, 1.54) is 36.0 Å². The Morgan fingerprint density at radius 1 is 1.05 bits per heavy atom. The SMILES string of the molecule is CNc1cc([N+](=O)[O-])cc(Sc2ccc([N+](=O)[O-])cc2)n1. The van der Waals surface area contributed by atoms with E-state index in [2.05, 4.69) is 10.3 Å². The van der Waals surface area contributed by atoms with Crippen LogP contribution in [0.1, 0.15) is 0 Å². The van der Waals surface area contributed by atoms with Gasteiger partial charge >= 0.3 is 0 Å². The Labute approximate surface area is 123 Å². The maximum absolute atomic E-state index is 10.9. The molecule has 1 aromatic heterocycles. The highest BCUT2D eigenvalue weighted by molar-refractivity contribution is 7.99. The van der Waals surface area contributed by atoms with Crippen molar-refractivity contribution in [1.82, 2.24) is 4.98 Å². The molecule has 0 saturated heterocycles. The van der Waals surface area contributed by atoms with E-state index in [-0.39, 0.29) is 11.4 Å². The first-order valence-corrected chi connectivity index (χ1v) is 6.58. The third-order valence-corrected chi connectivity index (χ3v) is 3.45. The second-order valence-corrected chi connectivity index (χ2v) is 5.00. The van der Waals surface area contributed by atoms with Gasteiger partial charge in [-0.15, -0.1) is 0 Å². The summed E-state index contributed by atoms with van der Waals surface area (Å²) >= 11 is 1.19.